The predicted octanol–water partition coefficient (Wildman–Crippen LogP) is 5.58. The fourth-order valence-electron chi connectivity index (χ4n) is 3.15. The van der Waals surface area contributed by atoms with Crippen molar-refractivity contribution in [2.45, 2.75) is 5.41 Å². The summed E-state index contributed by atoms with van der Waals surface area (Å²) in [5.41, 5.74) is 2.94. The van der Waals surface area contributed by atoms with Gasteiger partial charge in [-0.2, -0.15) is 0 Å². The molecule has 1 nitrogen and oxygen atoms in total. The van der Waals surface area contributed by atoms with E-state index in [0.29, 0.717) is 4.43 Å². The Morgan fingerprint density at radius 1 is 0.720 bits per heavy atom. The van der Waals surface area contributed by atoms with Gasteiger partial charge in [-0.3, -0.25) is 4.79 Å². The molecule has 0 saturated carbocycles. The number of carbonyl (C=O) groups is 1. The van der Waals surface area contributed by atoms with Crippen LogP contribution in [-0.2, 0) is 10.2 Å². The van der Waals surface area contributed by atoms with Crippen molar-refractivity contribution in [3.63, 3.8) is 0 Å². The first-order chi connectivity index (χ1) is 12.3. The minimum absolute atomic E-state index is 0.118. The molecule has 124 valence electrons. The summed E-state index contributed by atoms with van der Waals surface area (Å²) in [5.74, 6) is 0.118. The average molecular weight is 438 g/mol. The second-order valence-electron chi connectivity index (χ2n) is 5.84. The molecule has 2 heteroatoms. The van der Waals surface area contributed by atoms with Gasteiger partial charge >= 0.3 is 0 Å². The number of benzene rings is 3. The summed E-state index contributed by atoms with van der Waals surface area (Å²) >= 11 is 2.11. The summed E-state index contributed by atoms with van der Waals surface area (Å²) in [6.45, 7) is 0. The normalized spacial score (nSPS) is 11.6. The summed E-state index contributed by atoms with van der Waals surface area (Å²) in [6, 6.07) is 31.1. The highest BCUT2D eigenvalue weighted by Gasteiger charge is 2.33. The second-order valence-corrected chi connectivity index (χ2v) is 6.60. The minimum atomic E-state index is -0.495. The van der Waals surface area contributed by atoms with Gasteiger partial charge in [0, 0.05) is 0 Å². The van der Waals surface area contributed by atoms with Gasteiger partial charge in [0.25, 0.3) is 0 Å². The van der Waals surface area contributed by atoms with Gasteiger partial charge in [0.2, 0.25) is 0 Å². The monoisotopic (exact) mass is 438 g/mol. The van der Waals surface area contributed by atoms with Crippen molar-refractivity contribution in [1.82, 2.24) is 0 Å². The Balaban J connectivity index is 2.31. The van der Waals surface area contributed by atoms with Gasteiger partial charge in [-0.05, 0) is 22.8 Å². The molecule has 0 aliphatic carbocycles. The summed E-state index contributed by atoms with van der Waals surface area (Å²) in [4.78, 5) is 12.1. The fraction of sp³-hybridized carbons (Fsp3) is 0.0870. The number of hydrogen-bond donors (Lipinski definition) is 0. The van der Waals surface area contributed by atoms with E-state index in [1.807, 2.05) is 60.7 Å². The van der Waals surface area contributed by atoms with Crippen LogP contribution in [0.15, 0.2) is 103 Å². The molecule has 25 heavy (non-hydrogen) atoms. The predicted molar refractivity (Wildman–Crippen MR) is 112 cm³/mol. The third-order valence-corrected chi connectivity index (χ3v) is 5.09. The number of carbonyl (C=O) groups excluding carboxylic acids is 1. The van der Waals surface area contributed by atoms with Crippen molar-refractivity contribution in [2.75, 3.05) is 4.43 Å². The molecule has 3 aromatic carbocycles. The summed E-state index contributed by atoms with van der Waals surface area (Å²) in [5, 5.41) is 0. The number of allylic oxidation sites excluding steroid dienone is 2. The Hall–Kier alpha value is -2.20. The highest BCUT2D eigenvalue weighted by Crippen LogP contribution is 2.40. The third kappa shape index (κ3) is 3.74. The zero-order chi connectivity index (χ0) is 17.5. The molecule has 0 aromatic heterocycles. The van der Waals surface area contributed by atoms with Gasteiger partial charge < -0.3 is 0 Å². The molecular weight excluding hydrogens is 419 g/mol. The summed E-state index contributed by atoms with van der Waals surface area (Å²) in [6.07, 6.45) is 3.77. The van der Waals surface area contributed by atoms with Gasteiger partial charge in [-0.15, -0.1) is 0 Å². The standard InChI is InChI=1S/C23H19IO/c24-18-22(25)16-17-23(19-10-4-1-5-11-19,20-12-6-2-7-13-20)21-14-8-3-9-15-21/h1-17H,18H2. The van der Waals surface area contributed by atoms with Gasteiger partial charge in [0.15, 0.2) is 5.78 Å². The van der Waals surface area contributed by atoms with Crippen LogP contribution in [0, 0.1) is 0 Å². The quantitative estimate of drug-likeness (QED) is 0.213. The minimum Gasteiger partial charge on any atom is -0.294 e. The zero-order valence-corrected chi connectivity index (χ0v) is 16.0. The maximum absolute atomic E-state index is 12.1. The van der Waals surface area contributed by atoms with E-state index >= 15 is 0 Å². The van der Waals surface area contributed by atoms with E-state index in [1.54, 1.807) is 6.08 Å². The Morgan fingerprint density at radius 2 is 1.08 bits per heavy atom. The van der Waals surface area contributed by atoms with E-state index in [2.05, 4.69) is 59.0 Å². The maximum atomic E-state index is 12.1. The van der Waals surface area contributed by atoms with Gasteiger partial charge in [-0.25, -0.2) is 0 Å². The number of alkyl halides is 1. The molecule has 0 unspecified atom stereocenters. The smallest absolute Gasteiger partial charge is 0.165 e. The Morgan fingerprint density at radius 3 is 1.40 bits per heavy atom. The van der Waals surface area contributed by atoms with Gasteiger partial charge in [-0.1, -0.05) is 120 Å². The van der Waals surface area contributed by atoms with Crippen LogP contribution in [0.5, 0.6) is 0 Å². The number of ketones is 1. The van der Waals surface area contributed by atoms with Crippen molar-refractivity contribution in [1.29, 1.82) is 0 Å². The molecule has 0 heterocycles. The van der Waals surface area contributed by atoms with E-state index in [9.17, 15) is 4.79 Å². The lowest BCUT2D eigenvalue weighted by Gasteiger charge is -2.33. The van der Waals surface area contributed by atoms with Crippen LogP contribution in [0.1, 0.15) is 16.7 Å². The van der Waals surface area contributed by atoms with Gasteiger partial charge in [0.05, 0.1) is 9.84 Å². The first-order valence-electron chi connectivity index (χ1n) is 8.22. The summed E-state index contributed by atoms with van der Waals surface area (Å²) < 4.78 is 0.475. The highest BCUT2D eigenvalue weighted by atomic mass is 127. The van der Waals surface area contributed by atoms with Crippen LogP contribution >= 0.6 is 22.6 Å². The average Bonchev–Trinajstić information content (AvgIpc) is 2.71. The van der Waals surface area contributed by atoms with Crippen molar-refractivity contribution in [3.8, 4) is 0 Å². The van der Waals surface area contributed by atoms with Crippen LogP contribution in [0.4, 0.5) is 0 Å². The maximum Gasteiger partial charge on any atom is 0.165 e. The molecule has 0 radical (unpaired) electrons. The largest absolute Gasteiger partial charge is 0.294 e. The molecule has 0 atom stereocenters. The number of hydrogen-bond acceptors (Lipinski definition) is 1. The Kier molecular flexibility index (Phi) is 5.82. The molecule has 0 saturated heterocycles. The SMILES string of the molecule is O=C(C=CC(c1ccccc1)(c1ccccc1)c1ccccc1)CI. The molecular formula is C23H19IO. The van der Waals surface area contributed by atoms with Crippen LogP contribution in [0.25, 0.3) is 0 Å². The van der Waals surface area contributed by atoms with E-state index in [4.69, 9.17) is 0 Å². The van der Waals surface area contributed by atoms with E-state index in [1.165, 1.54) is 0 Å². The van der Waals surface area contributed by atoms with Crippen LogP contribution in [0.3, 0.4) is 0 Å². The molecule has 0 N–H and O–H groups in total. The van der Waals surface area contributed by atoms with Crippen LogP contribution in [0.2, 0.25) is 0 Å². The molecule has 0 spiro atoms. The number of halogens is 1. The van der Waals surface area contributed by atoms with Crippen LogP contribution in [-0.4, -0.2) is 10.2 Å². The molecule has 0 aliphatic heterocycles. The summed E-state index contributed by atoms with van der Waals surface area (Å²) in [7, 11) is 0. The Bertz CT molecular complexity index is 742. The molecule has 0 fully saturated rings. The van der Waals surface area contributed by atoms with E-state index in [-0.39, 0.29) is 5.78 Å². The van der Waals surface area contributed by atoms with Crippen molar-refractivity contribution in [3.05, 3.63) is 120 Å². The molecule has 0 aliphatic rings. The molecule has 0 bridgehead atoms. The molecule has 0 amide bonds. The first-order valence-corrected chi connectivity index (χ1v) is 9.74. The lowest BCUT2D eigenvalue weighted by molar-refractivity contribution is -0.112. The topological polar surface area (TPSA) is 17.1 Å². The third-order valence-electron chi connectivity index (χ3n) is 4.34. The van der Waals surface area contributed by atoms with E-state index in [0.717, 1.165) is 16.7 Å². The van der Waals surface area contributed by atoms with Crippen molar-refractivity contribution < 1.29 is 4.79 Å². The lowest BCUT2D eigenvalue weighted by atomic mass is 9.69. The molecule has 3 aromatic rings. The first kappa shape index (κ1) is 17.6. The fourth-order valence-corrected chi connectivity index (χ4v) is 3.41. The van der Waals surface area contributed by atoms with Gasteiger partial charge in [0.1, 0.15) is 0 Å². The highest BCUT2D eigenvalue weighted by molar-refractivity contribution is 14.1. The second kappa shape index (κ2) is 8.26. The zero-order valence-electron chi connectivity index (χ0n) is 13.8. The molecule has 3 rings (SSSR count). The number of rotatable bonds is 6. The lowest BCUT2D eigenvalue weighted by Crippen LogP contribution is -2.27. The van der Waals surface area contributed by atoms with Crippen LogP contribution < -0.4 is 0 Å². The Labute approximate surface area is 162 Å². The van der Waals surface area contributed by atoms with E-state index < -0.39 is 5.41 Å². The van der Waals surface area contributed by atoms with Crippen molar-refractivity contribution in [2.24, 2.45) is 0 Å². The van der Waals surface area contributed by atoms with Crippen molar-refractivity contribution >= 4 is 28.4 Å².